The lowest BCUT2D eigenvalue weighted by molar-refractivity contribution is 0.495. The molecular weight excluding hydrogens is 318 g/mol. The zero-order valence-corrected chi connectivity index (χ0v) is 13.3. The molecule has 1 aromatic carbocycles. The maximum atomic E-state index is 14.2. The zero-order chi connectivity index (χ0) is 15.6. The van der Waals surface area contributed by atoms with E-state index in [0.717, 1.165) is 0 Å². The van der Waals surface area contributed by atoms with Gasteiger partial charge in [-0.3, -0.25) is 0 Å². The Morgan fingerprint density at radius 3 is 2.71 bits per heavy atom. The van der Waals surface area contributed by atoms with Crippen molar-refractivity contribution >= 4 is 27.3 Å². The summed E-state index contributed by atoms with van der Waals surface area (Å²) in [6.45, 7) is 1.82. The van der Waals surface area contributed by atoms with Crippen LogP contribution in [0.3, 0.4) is 0 Å². The molecule has 1 fully saturated rings. The van der Waals surface area contributed by atoms with Crippen LogP contribution in [0.2, 0.25) is 0 Å². The van der Waals surface area contributed by atoms with Crippen LogP contribution < -0.4 is 10.6 Å². The van der Waals surface area contributed by atoms with Crippen LogP contribution in [0.5, 0.6) is 0 Å². The van der Waals surface area contributed by atoms with Crippen LogP contribution in [0.25, 0.3) is 0 Å². The van der Waals surface area contributed by atoms with Crippen molar-refractivity contribution < 1.29 is 17.2 Å². The fourth-order valence-electron chi connectivity index (χ4n) is 2.31. The molecule has 2 rings (SSSR count). The maximum Gasteiger partial charge on any atom is 0.182 e. The van der Waals surface area contributed by atoms with Crippen molar-refractivity contribution in [3.05, 3.63) is 29.3 Å². The minimum Gasteiger partial charge on any atom is -0.351 e. The van der Waals surface area contributed by atoms with Crippen molar-refractivity contribution in [2.24, 2.45) is 5.73 Å². The molecule has 0 aliphatic carbocycles. The summed E-state index contributed by atoms with van der Waals surface area (Å²) in [4.78, 5) is 1.45. The summed E-state index contributed by atoms with van der Waals surface area (Å²) in [6, 6.07) is 2.82. The monoisotopic (exact) mass is 336 g/mol. The summed E-state index contributed by atoms with van der Waals surface area (Å²) in [5.41, 5.74) is 5.42. The molecule has 21 heavy (non-hydrogen) atoms. The predicted octanol–water partition coefficient (Wildman–Crippen LogP) is 1.74. The Labute approximate surface area is 127 Å². The van der Waals surface area contributed by atoms with Gasteiger partial charge < -0.3 is 10.6 Å². The third-order valence-electron chi connectivity index (χ3n) is 3.57. The van der Waals surface area contributed by atoms with E-state index in [0.29, 0.717) is 18.1 Å². The van der Waals surface area contributed by atoms with Gasteiger partial charge in [0, 0.05) is 35.9 Å². The summed E-state index contributed by atoms with van der Waals surface area (Å²) in [5.74, 6) is -1.02. The van der Waals surface area contributed by atoms with Gasteiger partial charge in [-0.05, 0) is 6.07 Å². The van der Waals surface area contributed by atoms with Gasteiger partial charge in [0.15, 0.2) is 21.5 Å². The molecule has 0 bridgehead atoms. The second-order valence-corrected chi connectivity index (χ2v) is 8.35. The topological polar surface area (TPSA) is 63.4 Å². The first-order chi connectivity index (χ1) is 9.92. The van der Waals surface area contributed by atoms with Gasteiger partial charge in [0.05, 0.1) is 5.69 Å². The number of hydrogen-bond acceptors (Lipinski definition) is 5. The molecule has 1 atom stereocenters. The van der Waals surface area contributed by atoms with Crippen LogP contribution in [0.4, 0.5) is 14.5 Å². The van der Waals surface area contributed by atoms with E-state index in [1.54, 1.807) is 6.92 Å². The van der Waals surface area contributed by atoms with E-state index in [-0.39, 0.29) is 23.5 Å². The van der Waals surface area contributed by atoms with E-state index < -0.39 is 26.8 Å². The van der Waals surface area contributed by atoms with Gasteiger partial charge in [-0.1, -0.05) is 13.0 Å². The largest absolute Gasteiger partial charge is 0.351 e. The number of rotatable bonds is 4. The second kappa shape index (κ2) is 6.50. The Kier molecular flexibility index (Phi) is 5.11. The summed E-state index contributed by atoms with van der Waals surface area (Å²) in [7, 11) is -3.37. The van der Waals surface area contributed by atoms with Crippen molar-refractivity contribution in [2.45, 2.75) is 18.8 Å². The molecule has 4 nitrogen and oxygen atoms in total. The first kappa shape index (κ1) is 16.5. The minimum atomic E-state index is -3.37. The highest BCUT2D eigenvalue weighted by atomic mass is 32.2. The Morgan fingerprint density at radius 1 is 1.38 bits per heavy atom. The average Bonchev–Trinajstić information content (AvgIpc) is 2.50. The third kappa shape index (κ3) is 3.17. The smallest absolute Gasteiger partial charge is 0.182 e. The normalized spacial score (nSPS) is 19.8. The van der Waals surface area contributed by atoms with E-state index in [1.807, 2.05) is 0 Å². The van der Waals surface area contributed by atoms with E-state index in [2.05, 4.69) is 0 Å². The Morgan fingerprint density at radius 2 is 2.10 bits per heavy atom. The lowest BCUT2D eigenvalue weighted by atomic mass is 10.1. The Balaban J connectivity index is 2.46. The van der Waals surface area contributed by atoms with E-state index in [4.69, 9.17) is 5.73 Å². The quantitative estimate of drug-likeness (QED) is 0.907. The molecule has 0 spiro atoms. The summed E-state index contributed by atoms with van der Waals surface area (Å²) in [5, 5.41) is -0.820. The number of nitrogens with zero attached hydrogens (tertiary/aromatic N) is 1. The Bertz CT molecular complexity index is 623. The van der Waals surface area contributed by atoms with Gasteiger partial charge >= 0.3 is 0 Å². The lowest BCUT2D eigenvalue weighted by Gasteiger charge is -2.36. The molecule has 1 aliphatic heterocycles. The first-order valence-electron chi connectivity index (χ1n) is 6.65. The molecule has 1 saturated heterocycles. The molecule has 1 aliphatic rings. The lowest BCUT2D eigenvalue weighted by Crippen LogP contribution is -2.48. The number of benzene rings is 1. The molecule has 118 valence electrons. The molecule has 0 amide bonds. The molecule has 8 heteroatoms. The molecule has 0 saturated carbocycles. The van der Waals surface area contributed by atoms with Crippen LogP contribution in [0.1, 0.15) is 12.5 Å². The van der Waals surface area contributed by atoms with Gasteiger partial charge in [0.25, 0.3) is 0 Å². The molecular formula is C13H18F2N2O2S2. The van der Waals surface area contributed by atoms with Gasteiger partial charge in [-0.2, -0.15) is 11.8 Å². The summed E-state index contributed by atoms with van der Waals surface area (Å²) < 4.78 is 52.4. The highest BCUT2D eigenvalue weighted by Gasteiger charge is 2.34. The minimum absolute atomic E-state index is 0.00738. The standard InChI is InChI=1S/C13H18F2N2O2S2/c1-2-21(18,19)11-8-20-6-5-17(11)10-4-3-9(7-16)12(14)13(10)15/h3-4,11H,2,5-8,16H2,1H3. The number of thioether (sulfide) groups is 1. The molecule has 2 N–H and O–H groups in total. The molecule has 1 heterocycles. The second-order valence-electron chi connectivity index (χ2n) is 4.75. The van der Waals surface area contributed by atoms with Crippen molar-refractivity contribution in [1.82, 2.24) is 0 Å². The summed E-state index contributed by atoms with van der Waals surface area (Å²) >= 11 is 1.50. The van der Waals surface area contributed by atoms with Crippen molar-refractivity contribution in [3.63, 3.8) is 0 Å². The number of nitrogens with two attached hydrogens (primary N) is 1. The zero-order valence-electron chi connectivity index (χ0n) is 11.7. The number of sulfone groups is 1. The van der Waals surface area contributed by atoms with Gasteiger partial charge in [0.1, 0.15) is 5.37 Å². The number of hydrogen-bond donors (Lipinski definition) is 1. The van der Waals surface area contributed by atoms with Crippen LogP contribution in [-0.4, -0.2) is 37.6 Å². The molecule has 0 aromatic heterocycles. The van der Waals surface area contributed by atoms with Crippen molar-refractivity contribution in [2.75, 3.05) is 28.7 Å². The van der Waals surface area contributed by atoms with Crippen LogP contribution in [0, 0.1) is 11.6 Å². The van der Waals surface area contributed by atoms with E-state index >= 15 is 0 Å². The van der Waals surface area contributed by atoms with Crippen LogP contribution >= 0.6 is 11.8 Å². The molecule has 1 aromatic rings. The maximum absolute atomic E-state index is 14.2. The van der Waals surface area contributed by atoms with Crippen molar-refractivity contribution in [3.8, 4) is 0 Å². The summed E-state index contributed by atoms with van der Waals surface area (Å²) in [6.07, 6.45) is 0. The van der Waals surface area contributed by atoms with Crippen LogP contribution in [-0.2, 0) is 16.4 Å². The highest BCUT2D eigenvalue weighted by molar-refractivity contribution is 8.01. The fourth-order valence-corrected chi connectivity index (χ4v) is 5.29. The fraction of sp³-hybridized carbons (Fsp3) is 0.538. The Hall–Kier alpha value is -0.860. The highest BCUT2D eigenvalue weighted by Crippen LogP contribution is 2.31. The van der Waals surface area contributed by atoms with Crippen molar-refractivity contribution in [1.29, 1.82) is 0 Å². The van der Waals surface area contributed by atoms with Crippen LogP contribution in [0.15, 0.2) is 12.1 Å². The van der Waals surface area contributed by atoms with Gasteiger partial charge in [-0.25, -0.2) is 17.2 Å². The predicted molar refractivity (Wildman–Crippen MR) is 82.2 cm³/mol. The average molecular weight is 336 g/mol. The number of halogens is 2. The molecule has 1 unspecified atom stereocenters. The first-order valence-corrected chi connectivity index (χ1v) is 9.52. The van der Waals surface area contributed by atoms with E-state index in [9.17, 15) is 17.2 Å². The number of anilines is 1. The van der Waals surface area contributed by atoms with E-state index in [1.165, 1.54) is 28.8 Å². The van der Waals surface area contributed by atoms with Gasteiger partial charge in [0.2, 0.25) is 0 Å². The third-order valence-corrected chi connectivity index (χ3v) is 6.86. The SMILES string of the molecule is CCS(=O)(=O)C1CSCCN1c1ccc(CN)c(F)c1F. The van der Waals surface area contributed by atoms with Gasteiger partial charge in [-0.15, -0.1) is 0 Å². The molecule has 0 radical (unpaired) electrons.